The molecule has 2 unspecified atom stereocenters. The molecule has 0 bridgehead atoms. The zero-order valence-corrected chi connectivity index (χ0v) is 13.0. The lowest BCUT2D eigenvalue weighted by atomic mass is 10.3. The van der Waals surface area contributed by atoms with Crippen LogP contribution in [0.15, 0.2) is 24.3 Å². The van der Waals surface area contributed by atoms with Crippen LogP contribution >= 0.6 is 23.1 Å². The van der Waals surface area contributed by atoms with Crippen LogP contribution in [0.2, 0.25) is 0 Å². The number of aliphatic hydroxyl groups is 1. The highest BCUT2D eigenvalue weighted by Gasteiger charge is 2.24. The minimum atomic E-state index is -0.876. The summed E-state index contributed by atoms with van der Waals surface area (Å²) in [6.45, 7) is 0. The van der Waals surface area contributed by atoms with Crippen LogP contribution in [0.1, 0.15) is 6.42 Å². The number of nitrogens with one attached hydrogen (secondary N) is 3. The molecule has 2 aromatic rings. The molecular weight excluding hydrogens is 324 g/mol. The number of benzene rings is 1. The normalized spacial score (nSPS) is 21.6. The molecule has 0 saturated carbocycles. The van der Waals surface area contributed by atoms with E-state index in [0.29, 0.717) is 5.13 Å². The van der Waals surface area contributed by atoms with Crippen molar-refractivity contribution in [3.63, 3.8) is 0 Å². The average molecular weight is 338 g/mol. The van der Waals surface area contributed by atoms with Crippen molar-refractivity contribution < 1.29 is 14.7 Å². The van der Waals surface area contributed by atoms with E-state index in [2.05, 4.69) is 20.9 Å². The zero-order valence-electron chi connectivity index (χ0n) is 11.4. The highest BCUT2D eigenvalue weighted by Crippen LogP contribution is 2.25. The third kappa shape index (κ3) is 3.74. The molecule has 2 amide bonds. The minimum Gasteiger partial charge on any atom is -0.378 e. The molecular formula is C13H14N4O3S2. The van der Waals surface area contributed by atoms with Crippen molar-refractivity contribution in [1.29, 1.82) is 0 Å². The fraction of sp³-hybridized carbons (Fsp3) is 0.308. The first-order valence-electron chi connectivity index (χ1n) is 6.61. The molecule has 4 N–H and O–H groups in total. The van der Waals surface area contributed by atoms with Crippen LogP contribution in [0, 0.1) is 0 Å². The van der Waals surface area contributed by atoms with Crippen LogP contribution in [-0.2, 0) is 9.59 Å². The van der Waals surface area contributed by atoms with Crippen molar-refractivity contribution in [2.45, 2.75) is 18.1 Å². The quantitative estimate of drug-likeness (QED) is 0.654. The number of aromatic nitrogens is 1. The van der Waals surface area contributed by atoms with Crippen molar-refractivity contribution in [3.05, 3.63) is 24.3 Å². The van der Waals surface area contributed by atoms with Crippen LogP contribution in [0.4, 0.5) is 5.13 Å². The molecule has 1 fully saturated rings. The molecule has 9 heteroatoms. The molecule has 1 aromatic heterocycles. The molecule has 3 rings (SSSR count). The second-order valence-electron chi connectivity index (χ2n) is 4.68. The number of thiazole rings is 1. The van der Waals surface area contributed by atoms with Crippen LogP contribution < -0.4 is 16.0 Å². The second kappa shape index (κ2) is 6.61. The van der Waals surface area contributed by atoms with Gasteiger partial charge in [-0.2, -0.15) is 0 Å². The van der Waals surface area contributed by atoms with E-state index >= 15 is 0 Å². The molecule has 0 spiro atoms. The predicted molar refractivity (Wildman–Crippen MR) is 86.4 cm³/mol. The molecule has 2 atom stereocenters. The van der Waals surface area contributed by atoms with Crippen LogP contribution in [0.25, 0.3) is 10.2 Å². The number of para-hydroxylation sites is 1. The lowest BCUT2D eigenvalue weighted by molar-refractivity contribution is -0.126. The fourth-order valence-electron chi connectivity index (χ4n) is 1.99. The largest absolute Gasteiger partial charge is 0.378 e. The van der Waals surface area contributed by atoms with Gasteiger partial charge in [0.1, 0.15) is 11.7 Å². The Morgan fingerprint density at radius 1 is 1.50 bits per heavy atom. The average Bonchev–Trinajstić information content (AvgIpc) is 2.86. The van der Waals surface area contributed by atoms with Gasteiger partial charge in [-0.25, -0.2) is 4.98 Å². The SMILES string of the molecule is O=C(CSC1NC(=O)CC(O)N1)Nc1nc2ccccc2s1. The summed E-state index contributed by atoms with van der Waals surface area (Å²) in [6, 6.07) is 7.65. The summed E-state index contributed by atoms with van der Waals surface area (Å²) < 4.78 is 1.01. The van der Waals surface area contributed by atoms with Gasteiger partial charge < -0.3 is 15.7 Å². The second-order valence-corrected chi connectivity index (χ2v) is 6.80. The smallest absolute Gasteiger partial charge is 0.236 e. The first kappa shape index (κ1) is 15.2. The summed E-state index contributed by atoms with van der Waals surface area (Å²) in [7, 11) is 0. The van der Waals surface area contributed by atoms with E-state index < -0.39 is 11.7 Å². The monoisotopic (exact) mass is 338 g/mol. The predicted octanol–water partition coefficient (Wildman–Crippen LogP) is 0.679. The Morgan fingerprint density at radius 2 is 2.32 bits per heavy atom. The number of rotatable bonds is 4. The van der Waals surface area contributed by atoms with Gasteiger partial charge in [-0.15, -0.1) is 11.8 Å². The summed E-state index contributed by atoms with van der Waals surface area (Å²) in [5.41, 5.74) is 0.372. The Hall–Kier alpha value is -1.68. The molecule has 0 aliphatic carbocycles. The van der Waals surface area contributed by atoms with Gasteiger partial charge in [0, 0.05) is 0 Å². The van der Waals surface area contributed by atoms with Crippen LogP contribution in [0.5, 0.6) is 0 Å². The molecule has 1 aliphatic rings. The van der Waals surface area contributed by atoms with Crippen molar-refractivity contribution in [1.82, 2.24) is 15.6 Å². The van der Waals surface area contributed by atoms with Gasteiger partial charge in [-0.05, 0) is 12.1 Å². The van der Waals surface area contributed by atoms with E-state index in [1.807, 2.05) is 24.3 Å². The lowest BCUT2D eigenvalue weighted by Crippen LogP contribution is -2.54. The van der Waals surface area contributed by atoms with E-state index in [1.54, 1.807) is 0 Å². The Labute approximate surface area is 134 Å². The van der Waals surface area contributed by atoms with Crippen molar-refractivity contribution in [2.24, 2.45) is 0 Å². The molecule has 2 heterocycles. The van der Waals surface area contributed by atoms with Gasteiger partial charge in [0.05, 0.1) is 22.4 Å². The minimum absolute atomic E-state index is 0.0228. The standard InChI is InChI=1S/C13H14N4O3S2/c18-9-5-10(19)16-12(15-9)21-6-11(20)17-13-14-7-3-1-2-4-8(7)22-13/h1-4,9,12,15,18H,5-6H2,(H,16,19)(H,14,17,20). The number of aliphatic hydroxyl groups excluding tert-OH is 1. The molecule has 7 nitrogen and oxygen atoms in total. The van der Waals surface area contributed by atoms with Crippen molar-refractivity contribution in [2.75, 3.05) is 11.1 Å². The number of carbonyl (C=O) groups excluding carboxylic acids is 2. The van der Waals surface area contributed by atoms with E-state index in [0.717, 1.165) is 10.2 Å². The maximum absolute atomic E-state index is 11.9. The summed E-state index contributed by atoms with van der Waals surface area (Å²) in [6.07, 6.45) is -0.854. The van der Waals surface area contributed by atoms with Gasteiger partial charge in [-0.1, -0.05) is 23.5 Å². The van der Waals surface area contributed by atoms with Gasteiger partial charge in [0.2, 0.25) is 11.8 Å². The van der Waals surface area contributed by atoms with E-state index in [1.165, 1.54) is 23.1 Å². The number of fused-ring (bicyclic) bond motifs is 1. The first-order chi connectivity index (χ1) is 10.6. The number of hydrogen-bond acceptors (Lipinski definition) is 7. The van der Waals surface area contributed by atoms with Gasteiger partial charge in [-0.3, -0.25) is 14.9 Å². The number of nitrogens with zero attached hydrogens (tertiary/aromatic N) is 1. The first-order valence-corrected chi connectivity index (χ1v) is 8.47. The highest BCUT2D eigenvalue weighted by atomic mass is 32.2. The topological polar surface area (TPSA) is 103 Å². The van der Waals surface area contributed by atoms with E-state index in [9.17, 15) is 14.7 Å². The fourth-order valence-corrected chi connectivity index (χ4v) is 3.73. The summed E-state index contributed by atoms with van der Waals surface area (Å²) in [5, 5.41) is 18.2. The van der Waals surface area contributed by atoms with E-state index in [4.69, 9.17) is 0 Å². The van der Waals surface area contributed by atoms with Crippen LogP contribution in [-0.4, -0.2) is 39.4 Å². The Bertz CT molecular complexity index is 672. The Kier molecular flexibility index (Phi) is 4.57. The summed E-state index contributed by atoms with van der Waals surface area (Å²) in [5.74, 6) is -0.309. The van der Waals surface area contributed by atoms with Gasteiger partial charge in [0.15, 0.2) is 5.13 Å². The van der Waals surface area contributed by atoms with Gasteiger partial charge >= 0.3 is 0 Å². The number of carbonyl (C=O) groups is 2. The maximum atomic E-state index is 11.9. The Morgan fingerprint density at radius 3 is 3.09 bits per heavy atom. The number of anilines is 1. The van der Waals surface area contributed by atoms with Crippen molar-refractivity contribution in [3.8, 4) is 0 Å². The molecule has 1 saturated heterocycles. The summed E-state index contributed by atoms with van der Waals surface area (Å²) >= 11 is 2.61. The third-order valence-electron chi connectivity index (χ3n) is 2.94. The molecule has 0 radical (unpaired) electrons. The highest BCUT2D eigenvalue weighted by molar-refractivity contribution is 8.00. The molecule has 1 aliphatic heterocycles. The number of thioether (sulfide) groups is 1. The number of hydrogen-bond donors (Lipinski definition) is 4. The van der Waals surface area contributed by atoms with Crippen LogP contribution in [0.3, 0.4) is 0 Å². The number of amides is 2. The lowest BCUT2D eigenvalue weighted by Gasteiger charge is -2.27. The van der Waals surface area contributed by atoms with E-state index in [-0.39, 0.29) is 24.0 Å². The molecule has 116 valence electrons. The van der Waals surface area contributed by atoms with Gasteiger partial charge in [0.25, 0.3) is 0 Å². The Balaban J connectivity index is 1.53. The molecule has 22 heavy (non-hydrogen) atoms. The van der Waals surface area contributed by atoms with Crippen molar-refractivity contribution >= 4 is 50.3 Å². The maximum Gasteiger partial charge on any atom is 0.236 e. The molecule has 1 aromatic carbocycles. The zero-order chi connectivity index (χ0) is 15.5. The third-order valence-corrected chi connectivity index (χ3v) is 4.90. The summed E-state index contributed by atoms with van der Waals surface area (Å²) in [4.78, 5) is 27.5.